The zero-order chi connectivity index (χ0) is 10.7. The average molecular weight is 288 g/mol. The maximum absolute atomic E-state index is 13.3. The molecule has 0 aliphatic heterocycles. The van der Waals surface area contributed by atoms with Gasteiger partial charge in [-0.2, -0.15) is 0 Å². The van der Waals surface area contributed by atoms with Gasteiger partial charge < -0.3 is 4.42 Å². The third kappa shape index (κ3) is 2.82. The molecular weight excluding hydrogens is 281 g/mol. The lowest BCUT2D eigenvalue weighted by Gasteiger charge is -2.00. The second-order valence-electron chi connectivity index (χ2n) is 2.81. The monoisotopic (exact) mass is 287 g/mol. The van der Waals surface area contributed by atoms with Gasteiger partial charge in [0, 0.05) is 10.7 Å². The van der Waals surface area contributed by atoms with Crippen LogP contribution in [0.2, 0.25) is 0 Å². The molecule has 0 unspecified atom stereocenters. The normalized spacial score (nSPS) is 10.5. The van der Waals surface area contributed by atoms with Gasteiger partial charge in [0.25, 0.3) is 0 Å². The van der Waals surface area contributed by atoms with E-state index in [0.29, 0.717) is 15.3 Å². The quantitative estimate of drug-likeness (QED) is 0.802. The third-order valence-electron chi connectivity index (χ3n) is 1.71. The Bertz CT molecular complexity index is 447. The van der Waals surface area contributed by atoms with Gasteiger partial charge >= 0.3 is 0 Å². The number of halogens is 2. The van der Waals surface area contributed by atoms with E-state index in [1.807, 2.05) is 6.07 Å². The first-order valence-electron chi connectivity index (χ1n) is 4.22. The third-order valence-corrected chi connectivity index (χ3v) is 3.14. The molecule has 15 heavy (non-hydrogen) atoms. The molecule has 0 spiro atoms. The second-order valence-corrected chi connectivity index (χ2v) is 4.69. The maximum atomic E-state index is 13.3. The predicted molar refractivity (Wildman–Crippen MR) is 60.2 cm³/mol. The van der Waals surface area contributed by atoms with Crippen molar-refractivity contribution in [2.45, 2.75) is 10.8 Å². The number of furan rings is 1. The first-order valence-corrected chi connectivity index (χ1v) is 6.00. The number of pyridine rings is 1. The molecule has 0 atom stereocenters. The van der Waals surface area contributed by atoms with E-state index in [0.717, 1.165) is 5.76 Å². The first kappa shape index (κ1) is 10.7. The van der Waals surface area contributed by atoms with E-state index in [9.17, 15) is 4.39 Å². The Morgan fingerprint density at radius 3 is 3.07 bits per heavy atom. The summed E-state index contributed by atoms with van der Waals surface area (Å²) in [6.45, 7) is 0. The molecule has 2 rings (SSSR count). The van der Waals surface area contributed by atoms with Crippen LogP contribution in [0.1, 0.15) is 5.76 Å². The molecule has 2 heterocycles. The fraction of sp³-hybridized carbons (Fsp3) is 0.100. The van der Waals surface area contributed by atoms with Crippen LogP contribution in [-0.4, -0.2) is 4.98 Å². The zero-order valence-corrected chi connectivity index (χ0v) is 10.0. The van der Waals surface area contributed by atoms with E-state index in [4.69, 9.17) is 4.42 Å². The van der Waals surface area contributed by atoms with Gasteiger partial charge in [0.15, 0.2) is 5.82 Å². The molecule has 0 N–H and O–H groups in total. The summed E-state index contributed by atoms with van der Waals surface area (Å²) in [6, 6.07) is 5.06. The van der Waals surface area contributed by atoms with E-state index in [1.54, 1.807) is 18.5 Å². The van der Waals surface area contributed by atoms with Crippen LogP contribution in [0.25, 0.3) is 0 Å². The molecule has 0 aliphatic rings. The summed E-state index contributed by atoms with van der Waals surface area (Å²) in [7, 11) is 0. The topological polar surface area (TPSA) is 26.0 Å². The van der Waals surface area contributed by atoms with Crippen molar-refractivity contribution in [3.8, 4) is 0 Å². The Balaban J connectivity index is 2.05. The maximum Gasteiger partial charge on any atom is 0.156 e. The number of hydrogen-bond acceptors (Lipinski definition) is 3. The lowest BCUT2D eigenvalue weighted by Crippen LogP contribution is -1.87. The minimum atomic E-state index is -0.319. The highest BCUT2D eigenvalue weighted by Gasteiger charge is 2.06. The Kier molecular flexibility index (Phi) is 3.43. The molecule has 0 aliphatic carbocycles. The second kappa shape index (κ2) is 4.81. The summed E-state index contributed by atoms with van der Waals surface area (Å²) < 4.78 is 19.1. The number of nitrogens with zero attached hydrogens (tertiary/aromatic N) is 1. The van der Waals surface area contributed by atoms with E-state index >= 15 is 0 Å². The zero-order valence-electron chi connectivity index (χ0n) is 7.61. The van der Waals surface area contributed by atoms with E-state index in [2.05, 4.69) is 20.9 Å². The lowest BCUT2D eigenvalue weighted by molar-refractivity contribution is 0.530. The van der Waals surface area contributed by atoms with Gasteiger partial charge in [-0.3, -0.25) is 0 Å². The number of thioether (sulfide) groups is 1. The minimum Gasteiger partial charge on any atom is -0.468 e. The van der Waals surface area contributed by atoms with Crippen LogP contribution in [-0.2, 0) is 5.75 Å². The largest absolute Gasteiger partial charge is 0.468 e. The fourth-order valence-electron chi connectivity index (χ4n) is 1.04. The van der Waals surface area contributed by atoms with Crippen LogP contribution < -0.4 is 0 Å². The first-order chi connectivity index (χ1) is 7.25. The van der Waals surface area contributed by atoms with Gasteiger partial charge in [0.1, 0.15) is 10.8 Å². The van der Waals surface area contributed by atoms with Crippen LogP contribution in [0.5, 0.6) is 0 Å². The van der Waals surface area contributed by atoms with E-state index in [-0.39, 0.29) is 5.82 Å². The Labute approximate surface area is 99.0 Å². The fourth-order valence-corrected chi connectivity index (χ4v) is 2.11. The van der Waals surface area contributed by atoms with Crippen molar-refractivity contribution in [1.29, 1.82) is 0 Å². The predicted octanol–water partition coefficient (Wildman–Crippen LogP) is 3.87. The summed E-state index contributed by atoms with van der Waals surface area (Å²) >= 11 is 4.47. The average Bonchev–Trinajstić information content (AvgIpc) is 2.69. The number of rotatable bonds is 3. The van der Waals surface area contributed by atoms with Gasteiger partial charge in [-0.05, 0) is 34.1 Å². The smallest absolute Gasteiger partial charge is 0.156 e. The van der Waals surface area contributed by atoms with Crippen LogP contribution >= 0.6 is 27.7 Å². The molecule has 0 amide bonds. The molecule has 5 heteroatoms. The Hall–Kier alpha value is -0.810. The van der Waals surface area contributed by atoms with Crippen LogP contribution in [0.4, 0.5) is 4.39 Å². The molecule has 0 fully saturated rings. The molecule has 2 nitrogen and oxygen atoms in total. The van der Waals surface area contributed by atoms with Gasteiger partial charge in [-0.15, -0.1) is 0 Å². The molecule has 78 valence electrons. The van der Waals surface area contributed by atoms with Gasteiger partial charge in [-0.25, -0.2) is 9.37 Å². The van der Waals surface area contributed by atoms with Crippen molar-refractivity contribution in [3.63, 3.8) is 0 Å². The Morgan fingerprint density at radius 1 is 1.53 bits per heavy atom. The van der Waals surface area contributed by atoms with Crippen LogP contribution in [0.3, 0.4) is 0 Å². The summed E-state index contributed by atoms with van der Waals surface area (Å²) in [6.07, 6.45) is 3.18. The Morgan fingerprint density at radius 2 is 2.40 bits per heavy atom. The standard InChI is InChI=1S/C10H7BrFNOS/c11-7-4-9(12)10(13-5-7)15-6-8-2-1-3-14-8/h1-5H,6H2. The lowest BCUT2D eigenvalue weighted by atomic mass is 10.5. The molecule has 0 saturated heterocycles. The molecular formula is C10H7BrFNOS. The van der Waals surface area contributed by atoms with E-state index in [1.165, 1.54) is 17.8 Å². The molecule has 2 aromatic heterocycles. The molecule has 0 saturated carbocycles. The highest BCUT2D eigenvalue weighted by atomic mass is 79.9. The summed E-state index contributed by atoms with van der Waals surface area (Å²) in [4.78, 5) is 3.98. The van der Waals surface area contributed by atoms with E-state index < -0.39 is 0 Å². The van der Waals surface area contributed by atoms with Crippen molar-refractivity contribution in [2.24, 2.45) is 0 Å². The van der Waals surface area contributed by atoms with Gasteiger partial charge in [0.2, 0.25) is 0 Å². The van der Waals surface area contributed by atoms with Crippen molar-refractivity contribution >= 4 is 27.7 Å². The van der Waals surface area contributed by atoms with Crippen LogP contribution in [0.15, 0.2) is 44.6 Å². The van der Waals surface area contributed by atoms with Crippen LogP contribution in [0, 0.1) is 5.82 Å². The SMILES string of the molecule is Fc1cc(Br)cnc1SCc1ccco1. The minimum absolute atomic E-state index is 0.319. The van der Waals surface area contributed by atoms with Crippen molar-refractivity contribution in [3.05, 3.63) is 46.7 Å². The number of aromatic nitrogens is 1. The van der Waals surface area contributed by atoms with Crippen molar-refractivity contribution < 1.29 is 8.81 Å². The highest BCUT2D eigenvalue weighted by Crippen LogP contribution is 2.25. The van der Waals surface area contributed by atoms with Gasteiger partial charge in [-0.1, -0.05) is 11.8 Å². The molecule has 2 aromatic rings. The van der Waals surface area contributed by atoms with Gasteiger partial charge in [0.05, 0.1) is 12.0 Å². The highest BCUT2D eigenvalue weighted by molar-refractivity contribution is 9.10. The summed E-state index contributed by atoms with van der Waals surface area (Å²) in [5.41, 5.74) is 0. The van der Waals surface area contributed by atoms with Crippen molar-refractivity contribution in [1.82, 2.24) is 4.98 Å². The van der Waals surface area contributed by atoms with Crippen molar-refractivity contribution in [2.75, 3.05) is 0 Å². The molecule has 0 aromatic carbocycles. The molecule has 0 radical (unpaired) electrons. The summed E-state index contributed by atoms with van der Waals surface area (Å²) in [5, 5.41) is 0.384. The molecule has 0 bridgehead atoms. The number of hydrogen-bond donors (Lipinski definition) is 0. The summed E-state index contributed by atoms with van der Waals surface area (Å²) in [5.74, 6) is 1.07.